The Morgan fingerprint density at radius 2 is 2.05 bits per heavy atom. The van der Waals surface area contributed by atoms with E-state index in [0.717, 1.165) is 18.5 Å². The largest absolute Gasteiger partial charge is 0.493 e. The summed E-state index contributed by atoms with van der Waals surface area (Å²) in [6.07, 6.45) is -4.21. The molecule has 1 rings (SSSR count). The van der Waals surface area contributed by atoms with Gasteiger partial charge in [-0.2, -0.15) is 13.2 Å². The van der Waals surface area contributed by atoms with E-state index in [9.17, 15) is 13.2 Å². The highest BCUT2D eigenvalue weighted by Gasteiger charge is 2.27. The molecule has 0 aliphatic carbocycles. The molecular formula is C14H19ClF3NO. The Hall–Kier alpha value is -0.940. The van der Waals surface area contributed by atoms with Crippen LogP contribution in [0.3, 0.4) is 0 Å². The van der Waals surface area contributed by atoms with E-state index in [0.29, 0.717) is 10.8 Å². The third-order valence-electron chi connectivity index (χ3n) is 2.78. The van der Waals surface area contributed by atoms with Gasteiger partial charge in [0.1, 0.15) is 5.75 Å². The minimum atomic E-state index is -4.21. The second kappa shape index (κ2) is 7.74. The summed E-state index contributed by atoms with van der Waals surface area (Å²) >= 11 is 5.94. The van der Waals surface area contributed by atoms with Crippen molar-refractivity contribution in [3.8, 4) is 5.75 Å². The molecule has 6 heteroatoms. The molecule has 0 aliphatic heterocycles. The van der Waals surface area contributed by atoms with Crippen molar-refractivity contribution in [3.05, 3.63) is 28.8 Å². The van der Waals surface area contributed by atoms with Crippen molar-refractivity contribution in [1.29, 1.82) is 0 Å². The molecule has 0 saturated carbocycles. The van der Waals surface area contributed by atoms with Crippen LogP contribution in [0.1, 0.15) is 38.3 Å². The van der Waals surface area contributed by atoms with Gasteiger partial charge in [0.05, 0.1) is 13.0 Å². The molecule has 0 heterocycles. The van der Waals surface area contributed by atoms with Gasteiger partial charge in [-0.05, 0) is 38.1 Å². The average molecular weight is 310 g/mol. The number of ether oxygens (including phenoxy) is 1. The van der Waals surface area contributed by atoms with Crippen molar-refractivity contribution >= 4 is 11.6 Å². The molecule has 1 unspecified atom stereocenters. The predicted molar refractivity (Wildman–Crippen MR) is 74.3 cm³/mol. The van der Waals surface area contributed by atoms with Gasteiger partial charge in [-0.3, -0.25) is 0 Å². The van der Waals surface area contributed by atoms with Gasteiger partial charge < -0.3 is 10.1 Å². The molecule has 1 aromatic rings. The molecule has 2 nitrogen and oxygen atoms in total. The molecule has 0 saturated heterocycles. The van der Waals surface area contributed by atoms with E-state index in [4.69, 9.17) is 16.3 Å². The lowest BCUT2D eigenvalue weighted by Crippen LogP contribution is -2.20. The van der Waals surface area contributed by atoms with Crippen LogP contribution >= 0.6 is 11.6 Å². The van der Waals surface area contributed by atoms with Crippen LogP contribution in [0.15, 0.2) is 18.2 Å². The minimum Gasteiger partial charge on any atom is -0.493 e. The lowest BCUT2D eigenvalue weighted by atomic mass is 10.1. The van der Waals surface area contributed by atoms with E-state index in [1.165, 1.54) is 0 Å². The maximum Gasteiger partial charge on any atom is 0.392 e. The molecule has 0 amide bonds. The quantitative estimate of drug-likeness (QED) is 0.786. The first kappa shape index (κ1) is 17.1. The van der Waals surface area contributed by atoms with Gasteiger partial charge in [0.25, 0.3) is 0 Å². The number of halogens is 4. The van der Waals surface area contributed by atoms with E-state index in [-0.39, 0.29) is 6.04 Å². The van der Waals surface area contributed by atoms with Crippen LogP contribution < -0.4 is 10.1 Å². The van der Waals surface area contributed by atoms with Crippen molar-refractivity contribution in [3.63, 3.8) is 0 Å². The second-order valence-corrected chi connectivity index (χ2v) is 5.01. The molecule has 20 heavy (non-hydrogen) atoms. The van der Waals surface area contributed by atoms with Gasteiger partial charge in [-0.25, -0.2) is 0 Å². The molecular weight excluding hydrogens is 291 g/mol. The lowest BCUT2D eigenvalue weighted by Gasteiger charge is -2.19. The number of benzene rings is 1. The lowest BCUT2D eigenvalue weighted by molar-refractivity contribution is -0.139. The van der Waals surface area contributed by atoms with Crippen LogP contribution in [0.4, 0.5) is 13.2 Å². The van der Waals surface area contributed by atoms with Crippen LogP contribution in [0.5, 0.6) is 5.75 Å². The summed E-state index contributed by atoms with van der Waals surface area (Å²) in [5.74, 6) is 0.440. The smallest absolute Gasteiger partial charge is 0.392 e. The van der Waals surface area contributed by atoms with Crippen LogP contribution in [0.25, 0.3) is 0 Å². The number of rotatable bonds is 7. The summed E-state index contributed by atoms with van der Waals surface area (Å²) < 4.78 is 41.7. The zero-order chi connectivity index (χ0) is 15.2. The highest BCUT2D eigenvalue weighted by Crippen LogP contribution is 2.29. The van der Waals surface area contributed by atoms with Crippen molar-refractivity contribution in [1.82, 2.24) is 5.32 Å². The second-order valence-electron chi connectivity index (χ2n) is 4.57. The maximum absolute atomic E-state index is 12.1. The van der Waals surface area contributed by atoms with Gasteiger partial charge in [-0.15, -0.1) is 0 Å². The Balaban J connectivity index is 2.74. The Bertz CT molecular complexity index is 423. The Morgan fingerprint density at radius 1 is 1.35 bits per heavy atom. The summed E-state index contributed by atoms with van der Waals surface area (Å²) in [4.78, 5) is 0. The van der Waals surface area contributed by atoms with E-state index >= 15 is 0 Å². The molecule has 0 aromatic heterocycles. The Morgan fingerprint density at radius 3 is 2.65 bits per heavy atom. The molecule has 0 bridgehead atoms. The number of hydrogen-bond acceptors (Lipinski definition) is 2. The SMILES string of the molecule is CCCNC(C)c1cc(Cl)ccc1OCCC(F)(F)F. The Labute approximate surface area is 122 Å². The van der Waals surface area contributed by atoms with Gasteiger partial charge in [-0.1, -0.05) is 18.5 Å². The molecule has 1 aromatic carbocycles. The van der Waals surface area contributed by atoms with Gasteiger partial charge in [0, 0.05) is 16.6 Å². The monoisotopic (exact) mass is 309 g/mol. The molecule has 114 valence electrons. The fourth-order valence-electron chi connectivity index (χ4n) is 1.74. The first-order chi connectivity index (χ1) is 9.33. The molecule has 0 radical (unpaired) electrons. The predicted octanol–water partition coefficient (Wildman–Crippen LogP) is 4.73. The fraction of sp³-hybridized carbons (Fsp3) is 0.571. The maximum atomic E-state index is 12.1. The summed E-state index contributed by atoms with van der Waals surface area (Å²) in [6.45, 7) is 4.39. The van der Waals surface area contributed by atoms with Gasteiger partial charge in [0.15, 0.2) is 0 Å². The number of nitrogens with one attached hydrogen (secondary N) is 1. The van der Waals surface area contributed by atoms with Crippen LogP contribution in [0.2, 0.25) is 5.02 Å². The molecule has 0 fully saturated rings. The van der Waals surface area contributed by atoms with Crippen molar-refractivity contribution in [2.24, 2.45) is 0 Å². The topological polar surface area (TPSA) is 21.3 Å². The van der Waals surface area contributed by atoms with E-state index in [1.807, 2.05) is 13.8 Å². The van der Waals surface area contributed by atoms with Crippen LogP contribution in [-0.4, -0.2) is 19.3 Å². The highest BCUT2D eigenvalue weighted by atomic mass is 35.5. The summed E-state index contributed by atoms with van der Waals surface area (Å²) in [7, 11) is 0. The van der Waals surface area contributed by atoms with Crippen molar-refractivity contribution in [2.75, 3.05) is 13.2 Å². The van der Waals surface area contributed by atoms with Crippen molar-refractivity contribution in [2.45, 2.75) is 38.9 Å². The van der Waals surface area contributed by atoms with Crippen LogP contribution in [0, 0.1) is 0 Å². The zero-order valence-electron chi connectivity index (χ0n) is 11.6. The first-order valence-corrected chi connectivity index (χ1v) is 6.93. The number of hydrogen-bond donors (Lipinski definition) is 1. The first-order valence-electron chi connectivity index (χ1n) is 6.56. The molecule has 1 N–H and O–H groups in total. The van der Waals surface area contributed by atoms with E-state index in [1.54, 1.807) is 18.2 Å². The average Bonchev–Trinajstić information content (AvgIpc) is 2.36. The normalized spacial score (nSPS) is 13.3. The minimum absolute atomic E-state index is 0.0328. The standard InChI is InChI=1S/C14H19ClF3NO/c1-3-7-19-10(2)12-9-11(15)4-5-13(12)20-8-6-14(16,17)18/h4-5,9-10,19H,3,6-8H2,1-2H3. The van der Waals surface area contributed by atoms with Crippen LogP contribution in [-0.2, 0) is 0 Å². The van der Waals surface area contributed by atoms with Gasteiger partial charge in [0.2, 0.25) is 0 Å². The summed E-state index contributed by atoms with van der Waals surface area (Å²) in [5, 5.41) is 3.80. The Kier molecular flexibility index (Phi) is 6.62. The van der Waals surface area contributed by atoms with Gasteiger partial charge >= 0.3 is 6.18 Å². The fourth-order valence-corrected chi connectivity index (χ4v) is 1.92. The molecule has 1 atom stereocenters. The van der Waals surface area contributed by atoms with Crippen molar-refractivity contribution < 1.29 is 17.9 Å². The molecule has 0 aliphatic rings. The molecule has 0 spiro atoms. The highest BCUT2D eigenvalue weighted by molar-refractivity contribution is 6.30. The zero-order valence-corrected chi connectivity index (χ0v) is 12.3. The van der Waals surface area contributed by atoms with E-state index < -0.39 is 19.2 Å². The summed E-state index contributed by atoms with van der Waals surface area (Å²) in [5.41, 5.74) is 0.771. The third-order valence-corrected chi connectivity index (χ3v) is 3.02. The number of alkyl halides is 3. The van der Waals surface area contributed by atoms with E-state index in [2.05, 4.69) is 5.32 Å². The third kappa shape index (κ3) is 6.01. The summed E-state index contributed by atoms with van der Waals surface area (Å²) in [6, 6.07) is 4.91.